The molecule has 1 N–H and O–H groups in total. The molecule has 1 aromatic carbocycles. The van der Waals surface area contributed by atoms with Crippen LogP contribution in [-0.4, -0.2) is 12.5 Å². The molecule has 0 saturated carbocycles. The Morgan fingerprint density at radius 3 is 2.68 bits per heavy atom. The van der Waals surface area contributed by atoms with E-state index in [1.165, 1.54) is 0 Å². The summed E-state index contributed by atoms with van der Waals surface area (Å²) < 4.78 is 5.17. The highest BCUT2D eigenvalue weighted by Gasteiger charge is 2.19. The second kappa shape index (κ2) is 6.41. The average Bonchev–Trinajstić information content (AvgIpc) is 2.94. The third-order valence-corrected chi connectivity index (χ3v) is 2.77. The van der Waals surface area contributed by atoms with Crippen molar-refractivity contribution in [3.63, 3.8) is 0 Å². The van der Waals surface area contributed by atoms with E-state index in [2.05, 4.69) is 5.32 Å². The van der Waals surface area contributed by atoms with Crippen LogP contribution in [0.3, 0.4) is 0 Å². The molecule has 0 radical (unpaired) electrons. The van der Waals surface area contributed by atoms with E-state index < -0.39 is 5.92 Å². The molecule has 19 heavy (non-hydrogen) atoms. The Balaban J connectivity index is 1.89. The highest BCUT2D eigenvalue weighted by atomic mass is 16.3. The van der Waals surface area contributed by atoms with Crippen molar-refractivity contribution in [3.05, 3.63) is 60.1 Å². The first kappa shape index (κ1) is 12.9. The van der Waals surface area contributed by atoms with Crippen LogP contribution in [0.4, 0.5) is 0 Å². The molecule has 1 atom stereocenters. The minimum Gasteiger partial charge on any atom is -0.469 e. The molecule has 0 aliphatic rings. The number of rotatable bonds is 5. The Hall–Kier alpha value is -2.54. The van der Waals surface area contributed by atoms with E-state index in [0.29, 0.717) is 18.5 Å². The lowest BCUT2D eigenvalue weighted by molar-refractivity contribution is -0.121. The zero-order valence-corrected chi connectivity index (χ0v) is 10.4. The Morgan fingerprint density at radius 1 is 1.26 bits per heavy atom. The Labute approximate surface area is 111 Å². The van der Waals surface area contributed by atoms with Gasteiger partial charge in [-0.05, 0) is 17.7 Å². The number of nitrogens with one attached hydrogen (secondary N) is 1. The van der Waals surface area contributed by atoms with Crippen molar-refractivity contribution < 1.29 is 9.21 Å². The molecule has 0 aliphatic heterocycles. The number of furan rings is 1. The summed E-state index contributed by atoms with van der Waals surface area (Å²) in [4.78, 5) is 11.9. The number of carbonyl (C=O) groups excluding carboxylic acids is 1. The highest BCUT2D eigenvalue weighted by Crippen LogP contribution is 2.14. The van der Waals surface area contributed by atoms with Gasteiger partial charge in [-0.25, -0.2) is 0 Å². The molecule has 0 aliphatic carbocycles. The number of carbonyl (C=O) groups is 1. The van der Waals surface area contributed by atoms with E-state index >= 15 is 0 Å². The molecule has 0 bridgehead atoms. The second-order valence-corrected chi connectivity index (χ2v) is 4.09. The van der Waals surface area contributed by atoms with Gasteiger partial charge in [0.1, 0.15) is 11.7 Å². The van der Waals surface area contributed by atoms with Crippen LogP contribution in [0, 0.1) is 11.3 Å². The maximum absolute atomic E-state index is 11.9. The van der Waals surface area contributed by atoms with Crippen molar-refractivity contribution in [1.82, 2.24) is 5.32 Å². The standard InChI is InChI=1S/C15H14N2O2/c16-11-14(12-5-2-1-3-6-12)15(18)17-9-8-13-7-4-10-19-13/h1-7,10,14H,8-9H2,(H,17,18). The normalized spacial score (nSPS) is 11.5. The SMILES string of the molecule is N#CC(C(=O)NCCc1ccco1)c1ccccc1. The van der Waals surface area contributed by atoms with E-state index in [4.69, 9.17) is 9.68 Å². The fourth-order valence-electron chi connectivity index (χ4n) is 1.80. The van der Waals surface area contributed by atoms with E-state index in [1.54, 1.807) is 24.5 Å². The largest absolute Gasteiger partial charge is 0.469 e. The highest BCUT2D eigenvalue weighted by molar-refractivity contribution is 5.86. The summed E-state index contributed by atoms with van der Waals surface area (Å²) in [5.41, 5.74) is 0.709. The molecule has 4 nitrogen and oxygen atoms in total. The van der Waals surface area contributed by atoms with Crippen molar-refractivity contribution in [3.8, 4) is 6.07 Å². The van der Waals surface area contributed by atoms with Gasteiger partial charge in [0.05, 0.1) is 12.3 Å². The number of nitrogens with zero attached hydrogens (tertiary/aromatic N) is 1. The smallest absolute Gasteiger partial charge is 0.241 e. The van der Waals surface area contributed by atoms with Gasteiger partial charge in [-0.15, -0.1) is 0 Å². The topological polar surface area (TPSA) is 66.0 Å². The summed E-state index contributed by atoms with van der Waals surface area (Å²) in [6.45, 7) is 0.456. The van der Waals surface area contributed by atoms with Crippen LogP contribution in [0.25, 0.3) is 0 Å². The van der Waals surface area contributed by atoms with Gasteiger partial charge in [-0.1, -0.05) is 30.3 Å². The van der Waals surface area contributed by atoms with Gasteiger partial charge in [0, 0.05) is 13.0 Å². The van der Waals surface area contributed by atoms with E-state index in [1.807, 2.05) is 30.3 Å². The summed E-state index contributed by atoms with van der Waals surface area (Å²) >= 11 is 0. The van der Waals surface area contributed by atoms with Crippen LogP contribution in [0.15, 0.2) is 53.1 Å². The van der Waals surface area contributed by atoms with Gasteiger partial charge in [0.2, 0.25) is 5.91 Å². The molecule has 0 spiro atoms. The molecule has 0 saturated heterocycles. The van der Waals surface area contributed by atoms with Gasteiger partial charge in [0.25, 0.3) is 0 Å². The quantitative estimate of drug-likeness (QED) is 0.889. The maximum atomic E-state index is 11.9. The molecule has 0 fully saturated rings. The van der Waals surface area contributed by atoms with Crippen LogP contribution >= 0.6 is 0 Å². The Bertz CT molecular complexity index is 556. The number of benzene rings is 1. The number of hydrogen-bond acceptors (Lipinski definition) is 3. The van der Waals surface area contributed by atoms with Crippen LogP contribution in [0.5, 0.6) is 0 Å². The van der Waals surface area contributed by atoms with E-state index in [9.17, 15) is 4.79 Å². The molecule has 1 amide bonds. The minimum absolute atomic E-state index is 0.278. The molecule has 96 valence electrons. The predicted molar refractivity (Wildman–Crippen MR) is 70.2 cm³/mol. The molecule has 1 aromatic heterocycles. The number of hydrogen-bond donors (Lipinski definition) is 1. The van der Waals surface area contributed by atoms with Gasteiger partial charge < -0.3 is 9.73 Å². The first-order valence-electron chi connectivity index (χ1n) is 6.06. The van der Waals surface area contributed by atoms with Crippen molar-refractivity contribution in [2.24, 2.45) is 0 Å². The summed E-state index contributed by atoms with van der Waals surface area (Å²) in [6.07, 6.45) is 2.21. The monoisotopic (exact) mass is 254 g/mol. The first-order valence-corrected chi connectivity index (χ1v) is 6.06. The number of nitriles is 1. The van der Waals surface area contributed by atoms with Crippen LogP contribution in [-0.2, 0) is 11.2 Å². The van der Waals surface area contributed by atoms with Crippen LogP contribution < -0.4 is 5.32 Å². The Kier molecular flexibility index (Phi) is 4.35. The molecule has 2 rings (SSSR count). The molecule has 1 heterocycles. The third-order valence-electron chi connectivity index (χ3n) is 2.77. The Morgan fingerprint density at radius 2 is 2.05 bits per heavy atom. The summed E-state index contributed by atoms with van der Waals surface area (Å²) in [7, 11) is 0. The molecular formula is C15H14N2O2. The van der Waals surface area contributed by atoms with Crippen molar-refractivity contribution >= 4 is 5.91 Å². The van der Waals surface area contributed by atoms with Crippen molar-refractivity contribution in [2.75, 3.05) is 6.54 Å². The summed E-state index contributed by atoms with van der Waals surface area (Å²) in [5.74, 6) is -0.230. The lowest BCUT2D eigenvalue weighted by atomic mass is 10.00. The third kappa shape index (κ3) is 3.46. The average molecular weight is 254 g/mol. The van der Waals surface area contributed by atoms with Gasteiger partial charge >= 0.3 is 0 Å². The second-order valence-electron chi connectivity index (χ2n) is 4.09. The fourth-order valence-corrected chi connectivity index (χ4v) is 1.80. The molecule has 2 aromatic rings. The van der Waals surface area contributed by atoms with E-state index in [0.717, 1.165) is 5.76 Å². The zero-order valence-electron chi connectivity index (χ0n) is 10.4. The first-order chi connectivity index (χ1) is 9.31. The molecular weight excluding hydrogens is 240 g/mol. The lowest BCUT2D eigenvalue weighted by Gasteiger charge is -2.09. The molecule has 4 heteroatoms. The van der Waals surface area contributed by atoms with Gasteiger partial charge in [0.15, 0.2) is 0 Å². The van der Waals surface area contributed by atoms with Crippen molar-refractivity contribution in [1.29, 1.82) is 5.26 Å². The molecule has 1 unspecified atom stereocenters. The number of amides is 1. The van der Waals surface area contributed by atoms with Crippen molar-refractivity contribution in [2.45, 2.75) is 12.3 Å². The lowest BCUT2D eigenvalue weighted by Crippen LogP contribution is -2.30. The minimum atomic E-state index is -0.766. The van der Waals surface area contributed by atoms with Crippen LogP contribution in [0.1, 0.15) is 17.2 Å². The predicted octanol–water partition coefficient (Wildman–Crippen LogP) is 2.25. The van der Waals surface area contributed by atoms with E-state index in [-0.39, 0.29) is 5.91 Å². The van der Waals surface area contributed by atoms with Gasteiger partial charge in [-0.2, -0.15) is 5.26 Å². The van der Waals surface area contributed by atoms with Crippen LogP contribution in [0.2, 0.25) is 0 Å². The summed E-state index contributed by atoms with van der Waals surface area (Å²) in [5, 5.41) is 11.9. The zero-order chi connectivity index (χ0) is 13.5. The van der Waals surface area contributed by atoms with Gasteiger partial charge in [-0.3, -0.25) is 4.79 Å². The summed E-state index contributed by atoms with van der Waals surface area (Å²) in [6, 6.07) is 14.7. The fraction of sp³-hybridized carbons (Fsp3) is 0.200. The maximum Gasteiger partial charge on any atom is 0.241 e.